The number of aromatic amines is 1. The Kier molecular flexibility index (Phi) is 6.50. The number of aryl methyl sites for hydroxylation is 1. The summed E-state index contributed by atoms with van der Waals surface area (Å²) in [5.41, 5.74) is 1.30. The van der Waals surface area contributed by atoms with E-state index in [9.17, 15) is 18.4 Å². The van der Waals surface area contributed by atoms with Gasteiger partial charge in [0.25, 0.3) is 17.7 Å². The van der Waals surface area contributed by atoms with Crippen LogP contribution in [-0.2, 0) is 11.8 Å². The molecule has 40 heavy (non-hydrogen) atoms. The SMILES string of the molecule is CC1CCC([C@H](NC(=O)c2ccnn2C)c2nc3c(F)c(C4=CCN=C4C(=O)N4CC(F)(F)C4)ccc3[nH]2)CC1. The van der Waals surface area contributed by atoms with Crippen LogP contribution in [0.4, 0.5) is 13.2 Å². The van der Waals surface area contributed by atoms with E-state index in [0.29, 0.717) is 23.0 Å². The summed E-state index contributed by atoms with van der Waals surface area (Å²) in [7, 11) is 1.69. The van der Waals surface area contributed by atoms with Crippen LogP contribution >= 0.6 is 0 Å². The average molecular weight is 554 g/mol. The van der Waals surface area contributed by atoms with Crippen molar-refractivity contribution in [3.05, 3.63) is 53.4 Å². The van der Waals surface area contributed by atoms with Gasteiger partial charge in [-0.25, -0.2) is 18.2 Å². The molecular weight excluding hydrogens is 523 g/mol. The highest BCUT2D eigenvalue weighted by atomic mass is 19.3. The number of alkyl halides is 2. The Bertz CT molecular complexity index is 1540. The van der Waals surface area contributed by atoms with Crippen molar-refractivity contribution in [3.8, 4) is 0 Å². The summed E-state index contributed by atoms with van der Waals surface area (Å²) in [4.78, 5) is 39.0. The van der Waals surface area contributed by atoms with Crippen molar-refractivity contribution in [1.29, 1.82) is 0 Å². The molecular formula is C28H30F3N7O2. The Morgan fingerprint density at radius 2 is 1.90 bits per heavy atom. The van der Waals surface area contributed by atoms with Gasteiger partial charge >= 0.3 is 0 Å². The summed E-state index contributed by atoms with van der Waals surface area (Å²) in [5, 5.41) is 7.19. The third kappa shape index (κ3) is 4.69. The molecule has 0 unspecified atom stereocenters. The maximum absolute atomic E-state index is 16.0. The molecule has 1 aromatic carbocycles. The first-order valence-electron chi connectivity index (χ1n) is 13.5. The molecule has 1 saturated heterocycles. The van der Waals surface area contributed by atoms with E-state index in [1.807, 2.05) is 0 Å². The number of nitrogens with zero attached hydrogens (tertiary/aromatic N) is 5. The molecule has 2 amide bonds. The fourth-order valence-electron chi connectivity index (χ4n) is 5.89. The fourth-order valence-corrected chi connectivity index (χ4v) is 5.89. The summed E-state index contributed by atoms with van der Waals surface area (Å²) < 4.78 is 44.1. The second-order valence-corrected chi connectivity index (χ2v) is 11.1. The zero-order chi connectivity index (χ0) is 28.2. The maximum atomic E-state index is 16.0. The summed E-state index contributed by atoms with van der Waals surface area (Å²) in [6, 6.07) is 4.38. The standard InChI is InChI=1S/C28H30F3N7O2/c1-15-3-5-16(6-4-15)22(36-26(39)20-10-12-33-37(20)2)25-34-19-8-7-17(21(29)24(19)35-25)18-9-11-32-23(18)27(40)38-13-28(30,31)14-38/h7-10,12,15-16,22H,3-6,11,13-14H2,1-2H3,(H,34,35)(H,36,39)/t15?,16?,22-/m0/s1. The molecule has 2 aliphatic heterocycles. The van der Waals surface area contributed by atoms with E-state index in [2.05, 4.69) is 32.3 Å². The van der Waals surface area contributed by atoms with E-state index in [0.717, 1.165) is 30.6 Å². The van der Waals surface area contributed by atoms with Gasteiger partial charge in [0.05, 0.1) is 31.2 Å². The zero-order valence-electron chi connectivity index (χ0n) is 22.3. The molecule has 2 N–H and O–H groups in total. The van der Waals surface area contributed by atoms with Crippen LogP contribution in [0.5, 0.6) is 0 Å². The van der Waals surface area contributed by atoms with Gasteiger partial charge in [-0.3, -0.25) is 19.3 Å². The monoisotopic (exact) mass is 553 g/mol. The summed E-state index contributed by atoms with van der Waals surface area (Å²) in [6.45, 7) is 1.03. The second kappa shape index (κ2) is 9.90. The molecule has 4 heterocycles. The number of amides is 2. The van der Waals surface area contributed by atoms with Crippen LogP contribution in [0.3, 0.4) is 0 Å². The lowest BCUT2D eigenvalue weighted by Crippen LogP contribution is -2.60. The lowest BCUT2D eigenvalue weighted by Gasteiger charge is -2.38. The summed E-state index contributed by atoms with van der Waals surface area (Å²) in [5.74, 6) is -3.32. The highest BCUT2D eigenvalue weighted by Crippen LogP contribution is 2.38. The molecule has 1 aliphatic carbocycles. The van der Waals surface area contributed by atoms with Crippen molar-refractivity contribution in [2.75, 3.05) is 19.6 Å². The van der Waals surface area contributed by atoms with E-state index >= 15 is 4.39 Å². The molecule has 3 aromatic rings. The third-order valence-electron chi connectivity index (χ3n) is 8.20. The van der Waals surface area contributed by atoms with E-state index < -0.39 is 36.8 Å². The van der Waals surface area contributed by atoms with Crippen LogP contribution in [0.15, 0.2) is 35.5 Å². The first-order valence-corrected chi connectivity index (χ1v) is 13.5. The van der Waals surface area contributed by atoms with Crippen molar-refractivity contribution in [1.82, 2.24) is 30.0 Å². The van der Waals surface area contributed by atoms with Gasteiger partial charge in [0, 0.05) is 24.4 Å². The zero-order valence-corrected chi connectivity index (χ0v) is 22.3. The number of aliphatic imine (C=N–C) groups is 1. The molecule has 1 saturated carbocycles. The van der Waals surface area contributed by atoms with Gasteiger partial charge in [0.2, 0.25) is 0 Å². The van der Waals surface area contributed by atoms with E-state index in [1.165, 1.54) is 10.7 Å². The summed E-state index contributed by atoms with van der Waals surface area (Å²) in [6.07, 6.45) is 7.00. The highest BCUT2D eigenvalue weighted by Gasteiger charge is 2.47. The maximum Gasteiger partial charge on any atom is 0.282 e. The van der Waals surface area contributed by atoms with E-state index in [1.54, 1.807) is 31.5 Å². The number of benzene rings is 1. The van der Waals surface area contributed by atoms with Gasteiger partial charge in [-0.2, -0.15) is 5.10 Å². The van der Waals surface area contributed by atoms with Crippen LogP contribution < -0.4 is 5.32 Å². The first-order chi connectivity index (χ1) is 19.1. The second-order valence-electron chi connectivity index (χ2n) is 11.1. The highest BCUT2D eigenvalue weighted by molar-refractivity contribution is 6.56. The molecule has 210 valence electrons. The Labute approximate surface area is 228 Å². The first kappa shape index (κ1) is 26.3. The summed E-state index contributed by atoms with van der Waals surface area (Å²) >= 11 is 0. The van der Waals surface area contributed by atoms with Crippen molar-refractivity contribution < 1.29 is 22.8 Å². The third-order valence-corrected chi connectivity index (χ3v) is 8.20. The van der Waals surface area contributed by atoms with Crippen LogP contribution in [0.2, 0.25) is 0 Å². The number of rotatable bonds is 6. The van der Waals surface area contributed by atoms with Crippen LogP contribution in [0, 0.1) is 17.7 Å². The normalized spacial score (nSPS) is 23.0. The minimum atomic E-state index is -2.91. The van der Waals surface area contributed by atoms with E-state index in [4.69, 9.17) is 0 Å². The number of carbonyl (C=O) groups excluding carboxylic acids is 2. The minimum absolute atomic E-state index is 0.0258. The molecule has 0 bridgehead atoms. The lowest BCUT2D eigenvalue weighted by atomic mass is 9.79. The topological polar surface area (TPSA) is 108 Å². The lowest BCUT2D eigenvalue weighted by molar-refractivity contribution is -0.158. The van der Waals surface area contributed by atoms with Gasteiger partial charge in [-0.05, 0) is 42.9 Å². The Morgan fingerprint density at radius 3 is 2.58 bits per heavy atom. The number of likely N-dealkylation sites (tertiary alicyclic amines) is 1. The molecule has 2 fully saturated rings. The van der Waals surface area contributed by atoms with E-state index in [-0.39, 0.29) is 40.7 Å². The number of H-pyrrole nitrogens is 1. The molecule has 1 atom stereocenters. The van der Waals surface area contributed by atoms with Crippen molar-refractivity contribution in [2.24, 2.45) is 23.9 Å². The largest absolute Gasteiger partial charge is 0.340 e. The Morgan fingerprint density at radius 1 is 1.15 bits per heavy atom. The molecule has 12 heteroatoms. The molecule has 6 rings (SSSR count). The number of hydrogen-bond donors (Lipinski definition) is 2. The number of aromatic nitrogens is 4. The van der Waals surface area contributed by atoms with Gasteiger partial charge in [-0.1, -0.05) is 25.8 Å². The minimum Gasteiger partial charge on any atom is -0.340 e. The van der Waals surface area contributed by atoms with Gasteiger partial charge < -0.3 is 15.2 Å². The number of halogens is 3. The number of fused-ring (bicyclic) bond motifs is 1. The van der Waals surface area contributed by atoms with Crippen molar-refractivity contribution >= 4 is 34.1 Å². The van der Waals surface area contributed by atoms with Gasteiger partial charge in [0.1, 0.15) is 22.7 Å². The Balaban J connectivity index is 1.31. The molecule has 9 nitrogen and oxygen atoms in total. The number of carbonyl (C=O) groups is 2. The average Bonchev–Trinajstić information content (AvgIpc) is 3.66. The number of nitrogens with one attached hydrogen (secondary N) is 2. The predicted octanol–water partition coefficient (Wildman–Crippen LogP) is 4.05. The Hall–Kier alpha value is -3.96. The van der Waals surface area contributed by atoms with Gasteiger partial charge in [0.15, 0.2) is 5.82 Å². The van der Waals surface area contributed by atoms with Crippen LogP contribution in [0.25, 0.3) is 16.6 Å². The van der Waals surface area contributed by atoms with Crippen molar-refractivity contribution in [3.63, 3.8) is 0 Å². The molecule has 0 radical (unpaired) electrons. The predicted molar refractivity (Wildman–Crippen MR) is 142 cm³/mol. The quantitative estimate of drug-likeness (QED) is 0.480. The molecule has 0 spiro atoms. The smallest absolute Gasteiger partial charge is 0.282 e. The molecule has 2 aromatic heterocycles. The van der Waals surface area contributed by atoms with Crippen molar-refractivity contribution in [2.45, 2.75) is 44.6 Å². The number of imidazole rings is 1. The number of hydrogen-bond acceptors (Lipinski definition) is 5. The molecule has 3 aliphatic rings. The van der Waals surface area contributed by atoms with Crippen LogP contribution in [-0.4, -0.2) is 67.7 Å². The fraction of sp³-hybridized carbons (Fsp3) is 0.464. The van der Waals surface area contributed by atoms with Crippen LogP contribution in [0.1, 0.15) is 60.5 Å². The van der Waals surface area contributed by atoms with Gasteiger partial charge in [-0.15, -0.1) is 0 Å².